The van der Waals surface area contributed by atoms with Crippen molar-refractivity contribution in [3.8, 4) is 16.3 Å². The first-order valence-electron chi connectivity index (χ1n) is 11.6. The van der Waals surface area contributed by atoms with Gasteiger partial charge in [0.15, 0.2) is 5.65 Å². The molecule has 34 heavy (non-hydrogen) atoms. The Morgan fingerprint density at radius 2 is 2.00 bits per heavy atom. The van der Waals surface area contributed by atoms with E-state index < -0.39 is 0 Å². The summed E-state index contributed by atoms with van der Waals surface area (Å²) >= 11 is 1.61. The van der Waals surface area contributed by atoms with Crippen LogP contribution in [0.3, 0.4) is 0 Å². The lowest BCUT2D eigenvalue weighted by Crippen LogP contribution is -2.37. The number of amides is 1. The number of para-hydroxylation sites is 1. The van der Waals surface area contributed by atoms with E-state index in [2.05, 4.69) is 21.4 Å². The Morgan fingerprint density at radius 1 is 1.21 bits per heavy atom. The Bertz CT molecular complexity index is 1310. The van der Waals surface area contributed by atoms with E-state index in [1.165, 1.54) is 12.8 Å². The maximum Gasteiger partial charge on any atom is 0.252 e. The number of rotatable bonds is 7. The van der Waals surface area contributed by atoms with Gasteiger partial charge in [-0.25, -0.2) is 4.98 Å². The van der Waals surface area contributed by atoms with E-state index in [1.807, 2.05) is 55.7 Å². The molecule has 1 aliphatic rings. The molecule has 0 bridgehead atoms. The Morgan fingerprint density at radius 3 is 2.74 bits per heavy atom. The van der Waals surface area contributed by atoms with Crippen LogP contribution < -0.4 is 10.1 Å². The third kappa shape index (κ3) is 4.19. The lowest BCUT2D eigenvalue weighted by atomic mass is 10.0. The number of hydrogen-bond acceptors (Lipinski definition) is 6. The summed E-state index contributed by atoms with van der Waals surface area (Å²) in [6.45, 7) is 4.45. The molecule has 4 aromatic rings. The molecular weight excluding hydrogens is 446 g/mol. The van der Waals surface area contributed by atoms with Gasteiger partial charge in [-0.1, -0.05) is 24.3 Å². The summed E-state index contributed by atoms with van der Waals surface area (Å²) in [5, 5.41) is 10.6. The molecule has 0 saturated carbocycles. The number of benzene rings is 1. The van der Waals surface area contributed by atoms with Crippen LogP contribution in [0.1, 0.15) is 40.5 Å². The molecule has 0 aliphatic carbocycles. The van der Waals surface area contributed by atoms with Crippen LogP contribution >= 0.6 is 11.3 Å². The quantitative estimate of drug-likeness (QED) is 0.424. The number of aryl methyl sites for hydroxylation is 2. The minimum atomic E-state index is -0.111. The number of thiophene rings is 1. The van der Waals surface area contributed by atoms with Gasteiger partial charge in [0.05, 0.1) is 40.4 Å². The maximum absolute atomic E-state index is 13.6. The van der Waals surface area contributed by atoms with Crippen molar-refractivity contribution < 1.29 is 9.53 Å². The molecule has 1 fully saturated rings. The summed E-state index contributed by atoms with van der Waals surface area (Å²) in [4.78, 5) is 21.9. The number of likely N-dealkylation sites (tertiary alicyclic amines) is 1. The van der Waals surface area contributed by atoms with Crippen molar-refractivity contribution in [2.75, 3.05) is 26.7 Å². The molecule has 4 heterocycles. The molecule has 1 aromatic carbocycles. The largest absolute Gasteiger partial charge is 0.496 e. The minimum Gasteiger partial charge on any atom is -0.496 e. The topological polar surface area (TPSA) is 72.3 Å². The van der Waals surface area contributed by atoms with Gasteiger partial charge < -0.3 is 10.1 Å². The minimum absolute atomic E-state index is 0.0479. The molecule has 1 atom stereocenters. The number of carbonyl (C=O) groups excluding carboxylic acids is 1. The van der Waals surface area contributed by atoms with E-state index >= 15 is 0 Å². The molecule has 7 nitrogen and oxygen atoms in total. The Balaban J connectivity index is 1.49. The van der Waals surface area contributed by atoms with Crippen molar-refractivity contribution in [3.63, 3.8) is 0 Å². The molecule has 176 valence electrons. The summed E-state index contributed by atoms with van der Waals surface area (Å²) in [7, 11) is 3.57. The van der Waals surface area contributed by atoms with Gasteiger partial charge in [0.2, 0.25) is 0 Å². The van der Waals surface area contributed by atoms with Crippen LogP contribution in [0, 0.1) is 6.92 Å². The van der Waals surface area contributed by atoms with Crippen LogP contribution in [0.4, 0.5) is 0 Å². The number of pyridine rings is 1. The lowest BCUT2D eigenvalue weighted by Gasteiger charge is -2.29. The first-order chi connectivity index (χ1) is 16.6. The van der Waals surface area contributed by atoms with Crippen LogP contribution in [-0.4, -0.2) is 52.3 Å². The van der Waals surface area contributed by atoms with Crippen LogP contribution in [0.15, 0.2) is 47.8 Å². The van der Waals surface area contributed by atoms with Crippen molar-refractivity contribution in [1.82, 2.24) is 25.0 Å². The lowest BCUT2D eigenvalue weighted by molar-refractivity contribution is 0.0939. The highest BCUT2D eigenvalue weighted by Crippen LogP contribution is 2.32. The molecule has 1 N–H and O–H groups in total. The molecule has 5 rings (SSSR count). The number of fused-ring (bicyclic) bond motifs is 1. The monoisotopic (exact) mass is 475 g/mol. The highest BCUT2D eigenvalue weighted by Gasteiger charge is 2.27. The maximum atomic E-state index is 13.6. The Kier molecular flexibility index (Phi) is 6.34. The average molecular weight is 476 g/mol. The van der Waals surface area contributed by atoms with E-state index in [0.717, 1.165) is 51.7 Å². The molecule has 0 radical (unpaired) electrons. The van der Waals surface area contributed by atoms with Crippen LogP contribution in [0.2, 0.25) is 0 Å². The van der Waals surface area contributed by atoms with Crippen LogP contribution in [0.25, 0.3) is 21.6 Å². The van der Waals surface area contributed by atoms with Crippen LogP contribution in [-0.2, 0) is 7.05 Å². The second kappa shape index (κ2) is 9.56. The number of nitrogens with one attached hydrogen (secondary N) is 1. The standard InChI is InChI=1S/C26H29N5O2S/c1-17-24-19(15-20(23-11-8-14-34-23)28-25(24)30(2)29-17)26(32)27-16-21(31-12-6-7-13-31)18-9-4-5-10-22(18)33-3/h4-5,8-11,14-15,21H,6-7,12-13,16H2,1-3H3,(H,27,32). The summed E-state index contributed by atoms with van der Waals surface area (Å²) < 4.78 is 7.40. The predicted octanol–water partition coefficient (Wildman–Crippen LogP) is 4.58. The van der Waals surface area contributed by atoms with Gasteiger partial charge in [-0.15, -0.1) is 11.3 Å². The van der Waals surface area contributed by atoms with Crippen molar-refractivity contribution in [3.05, 3.63) is 64.7 Å². The molecule has 3 aromatic heterocycles. The third-order valence-electron chi connectivity index (χ3n) is 6.52. The fourth-order valence-corrected chi connectivity index (χ4v) is 5.58. The molecule has 8 heteroatoms. The molecule has 1 unspecified atom stereocenters. The highest BCUT2D eigenvalue weighted by molar-refractivity contribution is 7.13. The fourth-order valence-electron chi connectivity index (χ4n) is 4.89. The van der Waals surface area contributed by atoms with Gasteiger partial charge in [-0.2, -0.15) is 5.10 Å². The number of methoxy groups -OCH3 is 1. The second-order valence-corrected chi connectivity index (χ2v) is 9.60. The third-order valence-corrected chi connectivity index (χ3v) is 7.41. The smallest absolute Gasteiger partial charge is 0.252 e. The van der Waals surface area contributed by atoms with Gasteiger partial charge in [0.1, 0.15) is 5.75 Å². The van der Waals surface area contributed by atoms with E-state index in [9.17, 15) is 4.79 Å². The molecule has 1 saturated heterocycles. The van der Waals surface area contributed by atoms with Gasteiger partial charge in [-0.05, 0) is 56.4 Å². The van der Waals surface area contributed by atoms with Crippen molar-refractivity contribution in [2.45, 2.75) is 25.8 Å². The number of nitrogens with zero attached hydrogens (tertiary/aromatic N) is 4. The summed E-state index contributed by atoms with van der Waals surface area (Å²) in [5.74, 6) is 0.739. The number of ether oxygens (including phenoxy) is 1. The van der Waals surface area contributed by atoms with E-state index in [4.69, 9.17) is 9.72 Å². The zero-order valence-electron chi connectivity index (χ0n) is 19.7. The molecular formula is C26H29N5O2S. The molecule has 1 amide bonds. The SMILES string of the molecule is COc1ccccc1C(CNC(=O)c1cc(-c2cccs2)nc2c1c(C)nn2C)N1CCCC1. The van der Waals surface area contributed by atoms with Gasteiger partial charge >= 0.3 is 0 Å². The van der Waals surface area contributed by atoms with Crippen molar-refractivity contribution in [1.29, 1.82) is 0 Å². The second-order valence-electron chi connectivity index (χ2n) is 8.65. The highest BCUT2D eigenvalue weighted by atomic mass is 32.1. The summed E-state index contributed by atoms with van der Waals surface area (Å²) in [5.41, 5.74) is 4.02. The first kappa shape index (κ1) is 22.6. The van der Waals surface area contributed by atoms with Gasteiger partial charge in [0.25, 0.3) is 5.91 Å². The van der Waals surface area contributed by atoms with E-state index in [1.54, 1.807) is 23.1 Å². The number of aromatic nitrogens is 3. The van der Waals surface area contributed by atoms with Gasteiger partial charge in [-0.3, -0.25) is 14.4 Å². The average Bonchev–Trinajstić information content (AvgIpc) is 3.62. The Hall–Kier alpha value is -3.23. The number of hydrogen-bond donors (Lipinski definition) is 1. The van der Waals surface area contributed by atoms with E-state index in [-0.39, 0.29) is 11.9 Å². The van der Waals surface area contributed by atoms with Crippen LogP contribution in [0.5, 0.6) is 5.75 Å². The van der Waals surface area contributed by atoms with E-state index in [0.29, 0.717) is 12.1 Å². The molecule has 0 spiro atoms. The predicted molar refractivity (Wildman–Crippen MR) is 135 cm³/mol. The van der Waals surface area contributed by atoms with Gasteiger partial charge in [0, 0.05) is 19.2 Å². The van der Waals surface area contributed by atoms with Crippen molar-refractivity contribution >= 4 is 28.3 Å². The first-order valence-corrected chi connectivity index (χ1v) is 12.5. The summed E-state index contributed by atoms with van der Waals surface area (Å²) in [6, 6.07) is 14.0. The zero-order valence-corrected chi connectivity index (χ0v) is 20.6. The van der Waals surface area contributed by atoms with Crippen molar-refractivity contribution in [2.24, 2.45) is 7.05 Å². The Labute approximate surface area is 203 Å². The molecule has 1 aliphatic heterocycles. The fraction of sp³-hybridized carbons (Fsp3) is 0.346. The summed E-state index contributed by atoms with van der Waals surface area (Å²) in [6.07, 6.45) is 2.34. The zero-order chi connectivity index (χ0) is 23.7. The number of carbonyl (C=O) groups is 1. The normalized spacial score (nSPS) is 15.0.